The lowest BCUT2D eigenvalue weighted by Gasteiger charge is -2.26. The van der Waals surface area contributed by atoms with E-state index >= 15 is 0 Å². The molecule has 3 rings (SSSR count). The van der Waals surface area contributed by atoms with Crippen molar-refractivity contribution in [1.29, 1.82) is 0 Å². The number of rotatable bonds is 5. The molecule has 1 aliphatic rings. The van der Waals surface area contributed by atoms with Crippen molar-refractivity contribution in [2.24, 2.45) is 4.99 Å². The van der Waals surface area contributed by atoms with Crippen LogP contribution in [-0.2, 0) is 6.54 Å². The number of hydroxylamine groups is 1. The van der Waals surface area contributed by atoms with E-state index in [1.807, 2.05) is 0 Å². The molecule has 0 unspecified atom stereocenters. The molecule has 0 bridgehead atoms. The average Bonchev–Trinajstić information content (AvgIpc) is 2.54. The predicted octanol–water partition coefficient (Wildman–Crippen LogP) is 3.08. The Balaban J connectivity index is 1.82. The Morgan fingerprint density at radius 2 is 2.13 bits per heavy atom. The molecule has 2 aromatic rings. The van der Waals surface area contributed by atoms with Crippen LogP contribution in [0.5, 0.6) is 5.88 Å². The highest BCUT2D eigenvalue weighted by Gasteiger charge is 2.22. The first-order valence-corrected chi connectivity index (χ1v) is 7.58. The zero-order chi connectivity index (χ0) is 16.1. The molecule has 1 aromatic carbocycles. The summed E-state index contributed by atoms with van der Waals surface area (Å²) < 4.78 is 19.5. The monoisotopic (exact) mass is 315 g/mol. The summed E-state index contributed by atoms with van der Waals surface area (Å²) in [7, 11) is 0. The van der Waals surface area contributed by atoms with Crippen molar-refractivity contribution < 1.29 is 14.3 Å². The Kier molecular flexibility index (Phi) is 4.83. The third-order valence-electron chi connectivity index (χ3n) is 3.83. The fourth-order valence-corrected chi connectivity index (χ4v) is 2.28. The topological polar surface area (TPSA) is 66.7 Å². The normalized spacial score (nSPS) is 15.1. The van der Waals surface area contributed by atoms with Crippen LogP contribution in [0.3, 0.4) is 0 Å². The molecule has 2 N–H and O–H groups in total. The summed E-state index contributed by atoms with van der Waals surface area (Å²) in [5.74, 6) is 0.298. The Bertz CT molecular complexity index is 702. The molecule has 1 heterocycles. The standard InChI is InChI=1S/C17H18FN3O2/c18-15-9-2-1-5-12(15)11-20-16(21-22)14-8-4-10-19-17(14)23-13-6-3-7-13/h1-2,4-5,8-10,13,22H,3,6-7,11H2,(H,20,21). The first kappa shape index (κ1) is 15.4. The Morgan fingerprint density at radius 1 is 1.30 bits per heavy atom. The third kappa shape index (κ3) is 3.65. The van der Waals surface area contributed by atoms with E-state index in [1.54, 1.807) is 36.5 Å². The summed E-state index contributed by atoms with van der Waals surface area (Å²) in [6.07, 6.45) is 4.95. The lowest BCUT2D eigenvalue weighted by molar-refractivity contribution is 0.114. The van der Waals surface area contributed by atoms with Gasteiger partial charge in [0.05, 0.1) is 12.1 Å². The first-order chi connectivity index (χ1) is 11.3. The molecular weight excluding hydrogens is 297 g/mol. The summed E-state index contributed by atoms with van der Waals surface area (Å²) in [4.78, 5) is 8.46. The highest BCUT2D eigenvalue weighted by Crippen LogP contribution is 2.26. The van der Waals surface area contributed by atoms with Gasteiger partial charge in [0.25, 0.3) is 0 Å². The molecule has 0 aliphatic heterocycles. The van der Waals surface area contributed by atoms with E-state index in [0.717, 1.165) is 19.3 Å². The number of hydrogen-bond donors (Lipinski definition) is 2. The van der Waals surface area contributed by atoms with Gasteiger partial charge in [-0.1, -0.05) is 18.2 Å². The fraction of sp³-hybridized carbons (Fsp3) is 0.294. The number of aliphatic imine (C=N–C) groups is 1. The van der Waals surface area contributed by atoms with Gasteiger partial charge >= 0.3 is 0 Å². The van der Waals surface area contributed by atoms with Crippen LogP contribution >= 0.6 is 0 Å². The van der Waals surface area contributed by atoms with Gasteiger partial charge in [0.15, 0.2) is 5.84 Å². The molecule has 5 nitrogen and oxygen atoms in total. The fourth-order valence-electron chi connectivity index (χ4n) is 2.28. The number of aromatic nitrogens is 1. The number of hydrogen-bond acceptors (Lipinski definition) is 4. The second kappa shape index (κ2) is 7.19. The van der Waals surface area contributed by atoms with Gasteiger partial charge in [0.1, 0.15) is 11.9 Å². The number of ether oxygens (including phenoxy) is 1. The average molecular weight is 315 g/mol. The molecule has 0 atom stereocenters. The summed E-state index contributed by atoms with van der Waals surface area (Å²) in [6.45, 7) is 0.104. The van der Waals surface area contributed by atoms with Crippen LogP contribution in [0.1, 0.15) is 30.4 Å². The van der Waals surface area contributed by atoms with Crippen LogP contribution in [-0.4, -0.2) is 22.1 Å². The minimum Gasteiger partial charge on any atom is -0.474 e. The predicted molar refractivity (Wildman–Crippen MR) is 84.1 cm³/mol. The van der Waals surface area contributed by atoms with Crippen molar-refractivity contribution in [3.8, 4) is 5.88 Å². The number of amidine groups is 1. The largest absolute Gasteiger partial charge is 0.474 e. The molecule has 0 amide bonds. The summed E-state index contributed by atoms with van der Waals surface area (Å²) >= 11 is 0. The van der Waals surface area contributed by atoms with Crippen LogP contribution in [0, 0.1) is 5.82 Å². The Hall–Kier alpha value is -2.47. The zero-order valence-corrected chi connectivity index (χ0v) is 12.6. The number of pyridine rings is 1. The molecule has 1 saturated carbocycles. The second-order valence-electron chi connectivity index (χ2n) is 5.39. The molecule has 1 aromatic heterocycles. The molecule has 0 radical (unpaired) electrons. The highest BCUT2D eigenvalue weighted by molar-refractivity contribution is 5.99. The number of halogens is 1. The lowest BCUT2D eigenvalue weighted by atomic mass is 9.96. The molecule has 120 valence electrons. The van der Waals surface area contributed by atoms with Gasteiger partial charge in [0, 0.05) is 11.8 Å². The van der Waals surface area contributed by atoms with Crippen molar-refractivity contribution in [1.82, 2.24) is 10.5 Å². The molecular formula is C17H18FN3O2. The van der Waals surface area contributed by atoms with Gasteiger partial charge in [-0.3, -0.25) is 15.7 Å². The number of nitrogens with one attached hydrogen (secondary N) is 1. The maximum absolute atomic E-state index is 13.7. The van der Waals surface area contributed by atoms with Gasteiger partial charge in [-0.05, 0) is 37.5 Å². The molecule has 1 aliphatic carbocycles. The van der Waals surface area contributed by atoms with E-state index in [9.17, 15) is 9.60 Å². The van der Waals surface area contributed by atoms with E-state index in [0.29, 0.717) is 17.0 Å². The number of benzene rings is 1. The van der Waals surface area contributed by atoms with E-state index in [1.165, 1.54) is 6.07 Å². The van der Waals surface area contributed by atoms with E-state index in [2.05, 4.69) is 15.5 Å². The van der Waals surface area contributed by atoms with E-state index in [-0.39, 0.29) is 24.3 Å². The smallest absolute Gasteiger partial charge is 0.224 e. The van der Waals surface area contributed by atoms with Crippen molar-refractivity contribution in [2.75, 3.05) is 0 Å². The minimum absolute atomic E-state index is 0.104. The first-order valence-electron chi connectivity index (χ1n) is 7.58. The molecule has 6 heteroatoms. The highest BCUT2D eigenvalue weighted by atomic mass is 19.1. The van der Waals surface area contributed by atoms with Crippen LogP contribution in [0.15, 0.2) is 47.6 Å². The summed E-state index contributed by atoms with van der Waals surface area (Å²) in [5, 5.41) is 9.40. The SMILES string of the molecule is ONC(=NCc1ccccc1F)c1cccnc1OC1CCC1. The maximum atomic E-state index is 13.7. The van der Waals surface area contributed by atoms with Crippen LogP contribution in [0.4, 0.5) is 4.39 Å². The van der Waals surface area contributed by atoms with Gasteiger partial charge in [-0.2, -0.15) is 0 Å². The van der Waals surface area contributed by atoms with Crippen LogP contribution < -0.4 is 10.2 Å². The molecule has 1 fully saturated rings. The summed E-state index contributed by atoms with van der Waals surface area (Å²) in [5.41, 5.74) is 3.07. The van der Waals surface area contributed by atoms with Gasteiger partial charge < -0.3 is 4.74 Å². The van der Waals surface area contributed by atoms with Gasteiger partial charge in [-0.25, -0.2) is 9.37 Å². The van der Waals surface area contributed by atoms with Crippen molar-refractivity contribution in [3.05, 3.63) is 59.5 Å². The van der Waals surface area contributed by atoms with Crippen molar-refractivity contribution in [2.45, 2.75) is 31.9 Å². The van der Waals surface area contributed by atoms with Crippen LogP contribution in [0.25, 0.3) is 0 Å². The van der Waals surface area contributed by atoms with Crippen molar-refractivity contribution in [3.63, 3.8) is 0 Å². The maximum Gasteiger partial charge on any atom is 0.224 e. The lowest BCUT2D eigenvalue weighted by Crippen LogP contribution is -2.28. The van der Waals surface area contributed by atoms with Crippen LogP contribution in [0.2, 0.25) is 0 Å². The van der Waals surface area contributed by atoms with Gasteiger partial charge in [-0.15, -0.1) is 0 Å². The van der Waals surface area contributed by atoms with Gasteiger partial charge in [0.2, 0.25) is 5.88 Å². The zero-order valence-electron chi connectivity index (χ0n) is 12.6. The number of nitrogens with zero attached hydrogens (tertiary/aromatic N) is 2. The van der Waals surface area contributed by atoms with E-state index < -0.39 is 0 Å². The van der Waals surface area contributed by atoms with Crippen molar-refractivity contribution >= 4 is 5.84 Å². The Morgan fingerprint density at radius 3 is 2.83 bits per heavy atom. The molecule has 23 heavy (non-hydrogen) atoms. The quantitative estimate of drug-likeness (QED) is 0.505. The molecule has 0 spiro atoms. The molecule has 0 saturated heterocycles. The summed E-state index contributed by atoms with van der Waals surface area (Å²) in [6, 6.07) is 9.90. The van der Waals surface area contributed by atoms with E-state index in [4.69, 9.17) is 4.74 Å². The Labute approximate surface area is 133 Å². The third-order valence-corrected chi connectivity index (χ3v) is 3.83. The second-order valence-corrected chi connectivity index (χ2v) is 5.39. The minimum atomic E-state index is -0.328.